The van der Waals surface area contributed by atoms with Gasteiger partial charge in [-0.3, -0.25) is 0 Å². The Kier molecular flexibility index (Phi) is 5.40. The highest BCUT2D eigenvalue weighted by Gasteiger charge is 2.06. The van der Waals surface area contributed by atoms with Gasteiger partial charge in [0.15, 0.2) is 5.16 Å². The molecule has 1 aromatic carbocycles. The van der Waals surface area contributed by atoms with Crippen LogP contribution in [0.5, 0.6) is 0 Å². The summed E-state index contributed by atoms with van der Waals surface area (Å²) < 4.78 is 0. The van der Waals surface area contributed by atoms with E-state index in [0.717, 1.165) is 27.3 Å². The van der Waals surface area contributed by atoms with Gasteiger partial charge in [0, 0.05) is 29.4 Å². The molecule has 0 bridgehead atoms. The largest absolute Gasteiger partial charge is 0.310 e. The first kappa shape index (κ1) is 15.3. The Labute approximate surface area is 129 Å². The van der Waals surface area contributed by atoms with Gasteiger partial charge in [-0.2, -0.15) is 0 Å². The number of nitrogens with one attached hydrogen (secondary N) is 1. The van der Waals surface area contributed by atoms with Crippen molar-refractivity contribution >= 4 is 23.4 Å². The summed E-state index contributed by atoms with van der Waals surface area (Å²) in [5.74, 6) is 0. The first-order valence-corrected chi connectivity index (χ1v) is 7.73. The Hall–Kier alpha value is -1.10. The van der Waals surface area contributed by atoms with Gasteiger partial charge in [-0.25, -0.2) is 9.97 Å². The minimum absolute atomic E-state index is 0.462. The van der Waals surface area contributed by atoms with Crippen LogP contribution in [-0.2, 0) is 6.54 Å². The molecule has 2 aromatic rings. The lowest BCUT2D eigenvalue weighted by Crippen LogP contribution is -2.21. The van der Waals surface area contributed by atoms with Crippen molar-refractivity contribution in [2.24, 2.45) is 0 Å². The SMILES string of the molecule is Cc1ccnc(Sc2ccc(CNC(C)C)cc2Cl)n1. The highest BCUT2D eigenvalue weighted by Crippen LogP contribution is 2.31. The summed E-state index contributed by atoms with van der Waals surface area (Å²) >= 11 is 7.82. The predicted octanol–water partition coefficient (Wildman–Crippen LogP) is 4.09. The number of rotatable bonds is 5. The molecule has 106 valence electrons. The van der Waals surface area contributed by atoms with Gasteiger partial charge in [0.1, 0.15) is 0 Å². The lowest BCUT2D eigenvalue weighted by molar-refractivity contribution is 0.588. The summed E-state index contributed by atoms with van der Waals surface area (Å²) in [4.78, 5) is 9.59. The number of aromatic nitrogens is 2. The molecule has 0 aliphatic heterocycles. The topological polar surface area (TPSA) is 37.8 Å². The average Bonchev–Trinajstić information content (AvgIpc) is 2.39. The van der Waals surface area contributed by atoms with Gasteiger partial charge in [0.05, 0.1) is 5.02 Å². The molecule has 3 nitrogen and oxygen atoms in total. The third-order valence-electron chi connectivity index (χ3n) is 2.68. The summed E-state index contributed by atoms with van der Waals surface area (Å²) in [5, 5.41) is 4.84. The quantitative estimate of drug-likeness (QED) is 0.844. The number of aryl methyl sites for hydroxylation is 1. The molecule has 5 heteroatoms. The molecule has 0 fully saturated rings. The van der Waals surface area contributed by atoms with E-state index in [2.05, 4.69) is 35.2 Å². The molecule has 2 rings (SSSR count). The van der Waals surface area contributed by atoms with Crippen LogP contribution in [0.1, 0.15) is 25.1 Å². The van der Waals surface area contributed by atoms with Crippen molar-refractivity contribution in [1.82, 2.24) is 15.3 Å². The third kappa shape index (κ3) is 4.47. The number of hydrogen-bond acceptors (Lipinski definition) is 4. The highest BCUT2D eigenvalue weighted by atomic mass is 35.5. The Balaban J connectivity index is 2.09. The summed E-state index contributed by atoms with van der Waals surface area (Å²) in [6.45, 7) is 7.03. The maximum atomic E-state index is 6.33. The van der Waals surface area contributed by atoms with Gasteiger partial charge < -0.3 is 5.32 Å². The van der Waals surface area contributed by atoms with Gasteiger partial charge in [-0.15, -0.1) is 0 Å². The molecule has 0 atom stereocenters. The molecular weight excluding hydrogens is 290 g/mol. The molecule has 0 unspecified atom stereocenters. The van der Waals surface area contributed by atoms with Crippen molar-refractivity contribution in [3.05, 3.63) is 46.7 Å². The minimum Gasteiger partial charge on any atom is -0.310 e. The highest BCUT2D eigenvalue weighted by molar-refractivity contribution is 7.99. The fourth-order valence-electron chi connectivity index (χ4n) is 1.63. The second kappa shape index (κ2) is 7.07. The molecule has 1 N–H and O–H groups in total. The molecule has 0 aliphatic carbocycles. The lowest BCUT2D eigenvalue weighted by Gasteiger charge is -2.10. The van der Waals surface area contributed by atoms with Crippen LogP contribution in [0, 0.1) is 6.92 Å². The van der Waals surface area contributed by atoms with E-state index in [-0.39, 0.29) is 0 Å². The van der Waals surface area contributed by atoms with Crippen molar-refractivity contribution in [3.8, 4) is 0 Å². The third-order valence-corrected chi connectivity index (χ3v) is 4.06. The van der Waals surface area contributed by atoms with Crippen LogP contribution in [0.15, 0.2) is 40.5 Å². The van der Waals surface area contributed by atoms with E-state index >= 15 is 0 Å². The zero-order chi connectivity index (χ0) is 14.5. The van der Waals surface area contributed by atoms with Crippen LogP contribution in [0.3, 0.4) is 0 Å². The molecule has 0 radical (unpaired) electrons. The van der Waals surface area contributed by atoms with Gasteiger partial charge in [0.25, 0.3) is 0 Å². The van der Waals surface area contributed by atoms with Crippen LogP contribution in [0.4, 0.5) is 0 Å². The van der Waals surface area contributed by atoms with Crippen LogP contribution in [0.25, 0.3) is 0 Å². The monoisotopic (exact) mass is 307 g/mol. The van der Waals surface area contributed by atoms with Crippen molar-refractivity contribution in [2.45, 2.75) is 43.4 Å². The Morgan fingerprint density at radius 3 is 2.75 bits per heavy atom. The summed E-state index contributed by atoms with van der Waals surface area (Å²) in [7, 11) is 0. The Morgan fingerprint density at radius 1 is 1.30 bits per heavy atom. The standard InChI is InChI=1S/C15H18ClN3S/c1-10(2)18-9-12-4-5-14(13(16)8-12)20-15-17-7-6-11(3)19-15/h4-8,10,18H,9H2,1-3H3. The molecule has 1 aromatic heterocycles. The van der Waals surface area contributed by atoms with E-state index in [1.54, 1.807) is 6.20 Å². The molecule has 0 saturated heterocycles. The van der Waals surface area contributed by atoms with E-state index in [0.29, 0.717) is 6.04 Å². The van der Waals surface area contributed by atoms with Crippen molar-refractivity contribution < 1.29 is 0 Å². The first-order valence-electron chi connectivity index (χ1n) is 6.54. The Bertz CT molecular complexity index is 587. The van der Waals surface area contributed by atoms with Crippen LogP contribution in [0.2, 0.25) is 5.02 Å². The lowest BCUT2D eigenvalue weighted by atomic mass is 10.2. The summed E-state index contributed by atoms with van der Waals surface area (Å²) in [6, 6.07) is 8.44. The van der Waals surface area contributed by atoms with Crippen LogP contribution >= 0.6 is 23.4 Å². The van der Waals surface area contributed by atoms with E-state index in [1.165, 1.54) is 17.3 Å². The molecule has 1 heterocycles. The van der Waals surface area contributed by atoms with Crippen molar-refractivity contribution in [1.29, 1.82) is 0 Å². The van der Waals surface area contributed by atoms with Crippen molar-refractivity contribution in [3.63, 3.8) is 0 Å². The number of benzene rings is 1. The number of hydrogen-bond donors (Lipinski definition) is 1. The maximum Gasteiger partial charge on any atom is 0.192 e. The average molecular weight is 308 g/mol. The molecule has 0 amide bonds. The predicted molar refractivity (Wildman–Crippen MR) is 84.3 cm³/mol. The van der Waals surface area contributed by atoms with E-state index in [1.807, 2.05) is 25.1 Å². The van der Waals surface area contributed by atoms with E-state index in [4.69, 9.17) is 11.6 Å². The fourth-order valence-corrected chi connectivity index (χ4v) is 2.74. The first-order chi connectivity index (χ1) is 9.54. The summed E-state index contributed by atoms with van der Waals surface area (Å²) in [6.07, 6.45) is 1.76. The fraction of sp³-hybridized carbons (Fsp3) is 0.333. The molecule has 0 saturated carbocycles. The molecule has 20 heavy (non-hydrogen) atoms. The van der Waals surface area contributed by atoms with Gasteiger partial charge in [0.2, 0.25) is 0 Å². The molecule has 0 aliphatic rings. The maximum absolute atomic E-state index is 6.33. The second-order valence-electron chi connectivity index (χ2n) is 4.88. The van der Waals surface area contributed by atoms with Crippen LogP contribution < -0.4 is 5.32 Å². The van der Waals surface area contributed by atoms with Gasteiger partial charge in [-0.05, 0) is 42.4 Å². The number of nitrogens with zero attached hydrogens (tertiary/aromatic N) is 2. The smallest absolute Gasteiger partial charge is 0.192 e. The normalized spacial score (nSPS) is 11.1. The van der Waals surface area contributed by atoms with E-state index < -0.39 is 0 Å². The van der Waals surface area contributed by atoms with Crippen molar-refractivity contribution in [2.75, 3.05) is 0 Å². The molecule has 0 spiro atoms. The van der Waals surface area contributed by atoms with Gasteiger partial charge in [-0.1, -0.05) is 31.5 Å². The second-order valence-corrected chi connectivity index (χ2v) is 6.30. The molecular formula is C15H18ClN3S. The van der Waals surface area contributed by atoms with Crippen LogP contribution in [-0.4, -0.2) is 16.0 Å². The summed E-state index contributed by atoms with van der Waals surface area (Å²) in [5.41, 5.74) is 2.13. The number of halogens is 1. The Morgan fingerprint density at radius 2 is 2.10 bits per heavy atom. The van der Waals surface area contributed by atoms with Gasteiger partial charge >= 0.3 is 0 Å². The zero-order valence-corrected chi connectivity index (χ0v) is 13.4. The zero-order valence-electron chi connectivity index (χ0n) is 11.9. The van der Waals surface area contributed by atoms with E-state index in [9.17, 15) is 0 Å². The minimum atomic E-state index is 0.462.